The monoisotopic (exact) mass is 513 g/mol. The number of hydrogen-bond donors (Lipinski definition) is 0. The average Bonchev–Trinajstić information content (AvgIpc) is 3.15. The average molecular weight is 514 g/mol. The molecule has 0 N–H and O–H groups in total. The van der Waals surface area contributed by atoms with Crippen LogP contribution in [-0.2, 0) is 13.1 Å². The molecule has 0 bridgehead atoms. The highest BCUT2D eigenvalue weighted by Crippen LogP contribution is 2.34. The van der Waals surface area contributed by atoms with Crippen LogP contribution in [0.2, 0.25) is 0 Å². The fraction of sp³-hybridized carbons (Fsp3) is 0.462. The summed E-state index contributed by atoms with van der Waals surface area (Å²) in [5.74, 6) is -0.272. The third-order valence-corrected chi connectivity index (χ3v) is 6.37. The minimum atomic E-state index is -4.75. The summed E-state index contributed by atoms with van der Waals surface area (Å²) < 4.78 is 81.8. The number of nitrogens with zero attached hydrogens (tertiary/aromatic N) is 3. The van der Waals surface area contributed by atoms with Gasteiger partial charge >= 0.3 is 12.5 Å². The summed E-state index contributed by atoms with van der Waals surface area (Å²) in [5.41, 5.74) is 3.77. The first kappa shape index (κ1) is 26.3. The van der Waals surface area contributed by atoms with Crippen molar-refractivity contribution < 1.29 is 31.1 Å². The van der Waals surface area contributed by atoms with E-state index in [-0.39, 0.29) is 5.75 Å². The third kappa shape index (κ3) is 6.94. The van der Waals surface area contributed by atoms with E-state index < -0.39 is 19.1 Å². The van der Waals surface area contributed by atoms with Crippen LogP contribution in [0.1, 0.15) is 25.3 Å². The van der Waals surface area contributed by atoms with Crippen LogP contribution in [0.4, 0.5) is 26.3 Å². The standard InChI is InChI=1S/C26H29F6N3O/c1-2-3-10-35-17-23(20-5-7-21(8-6-20)36-26(30,31)32)22-15-19(4-9-24(22)35)16-33-11-13-34(14-12-33)18-25(27,28)29/h4-9,15,17H,2-3,10-14,16,18H2,1H3. The Bertz CT molecular complexity index is 1150. The van der Waals surface area contributed by atoms with Crippen molar-refractivity contribution in [3.8, 4) is 16.9 Å². The van der Waals surface area contributed by atoms with E-state index in [1.165, 1.54) is 17.0 Å². The maximum absolute atomic E-state index is 12.7. The van der Waals surface area contributed by atoms with Gasteiger partial charge in [0.05, 0.1) is 6.54 Å². The lowest BCUT2D eigenvalue weighted by atomic mass is 10.0. The van der Waals surface area contributed by atoms with Crippen LogP contribution >= 0.6 is 0 Å². The number of hydrogen-bond acceptors (Lipinski definition) is 3. The van der Waals surface area contributed by atoms with E-state index in [0.717, 1.165) is 47.0 Å². The maximum atomic E-state index is 12.7. The Kier molecular flexibility index (Phi) is 7.85. The summed E-state index contributed by atoms with van der Waals surface area (Å²) >= 11 is 0. The summed E-state index contributed by atoms with van der Waals surface area (Å²) in [4.78, 5) is 3.57. The second-order valence-corrected chi connectivity index (χ2v) is 9.18. The van der Waals surface area contributed by atoms with E-state index in [1.54, 1.807) is 12.1 Å². The fourth-order valence-corrected chi connectivity index (χ4v) is 4.64. The highest BCUT2D eigenvalue weighted by atomic mass is 19.4. The number of benzene rings is 2. The fourth-order valence-electron chi connectivity index (χ4n) is 4.64. The summed E-state index contributed by atoms with van der Waals surface area (Å²) in [6.07, 6.45) is -4.89. The number of fused-ring (bicyclic) bond motifs is 1. The van der Waals surface area contributed by atoms with Gasteiger partial charge in [-0.15, -0.1) is 13.2 Å². The first-order valence-electron chi connectivity index (χ1n) is 12.0. The molecule has 0 atom stereocenters. The number of halogens is 6. The molecule has 0 aliphatic carbocycles. The number of alkyl halides is 6. The van der Waals surface area contributed by atoms with Gasteiger partial charge in [0, 0.05) is 61.9 Å². The quantitative estimate of drug-likeness (QED) is 0.313. The van der Waals surface area contributed by atoms with E-state index in [0.29, 0.717) is 32.7 Å². The van der Waals surface area contributed by atoms with Crippen LogP contribution < -0.4 is 4.74 Å². The van der Waals surface area contributed by atoms with E-state index >= 15 is 0 Å². The van der Waals surface area contributed by atoms with E-state index in [9.17, 15) is 26.3 Å². The third-order valence-electron chi connectivity index (χ3n) is 6.37. The topological polar surface area (TPSA) is 20.6 Å². The molecule has 1 aliphatic heterocycles. The van der Waals surface area contributed by atoms with Crippen molar-refractivity contribution in [1.82, 2.24) is 14.4 Å². The molecule has 1 fully saturated rings. The molecule has 0 saturated carbocycles. The molecule has 0 spiro atoms. The zero-order valence-electron chi connectivity index (χ0n) is 20.0. The van der Waals surface area contributed by atoms with Gasteiger partial charge in [-0.1, -0.05) is 31.5 Å². The second-order valence-electron chi connectivity index (χ2n) is 9.18. The number of piperazine rings is 1. The van der Waals surface area contributed by atoms with Gasteiger partial charge in [-0.05, 0) is 41.8 Å². The van der Waals surface area contributed by atoms with E-state index in [2.05, 4.69) is 27.2 Å². The Morgan fingerprint density at radius 3 is 2.14 bits per heavy atom. The summed E-state index contributed by atoms with van der Waals surface area (Å²) in [5, 5.41) is 0.990. The van der Waals surface area contributed by atoms with Crippen molar-refractivity contribution in [3.63, 3.8) is 0 Å². The Morgan fingerprint density at radius 1 is 0.861 bits per heavy atom. The summed E-state index contributed by atoms with van der Waals surface area (Å²) in [6, 6.07) is 12.0. The van der Waals surface area contributed by atoms with Crippen LogP contribution in [-0.4, -0.2) is 59.6 Å². The molecule has 36 heavy (non-hydrogen) atoms. The summed E-state index contributed by atoms with van der Waals surface area (Å²) in [7, 11) is 0. The van der Waals surface area contributed by atoms with Gasteiger partial charge in [0.1, 0.15) is 5.75 Å². The van der Waals surface area contributed by atoms with Crippen molar-refractivity contribution in [3.05, 3.63) is 54.2 Å². The largest absolute Gasteiger partial charge is 0.573 e. The van der Waals surface area contributed by atoms with Crippen molar-refractivity contribution in [2.24, 2.45) is 0 Å². The Labute approximate surface area is 206 Å². The van der Waals surface area contributed by atoms with Gasteiger partial charge in [-0.25, -0.2) is 0 Å². The Hall–Kier alpha value is -2.72. The second kappa shape index (κ2) is 10.7. The smallest absolute Gasteiger partial charge is 0.406 e. The van der Waals surface area contributed by atoms with Crippen molar-refractivity contribution in [2.75, 3.05) is 32.7 Å². The SMILES string of the molecule is CCCCn1cc(-c2ccc(OC(F)(F)F)cc2)c2cc(CN3CCN(CC(F)(F)F)CC3)ccc21. The molecular formula is C26H29F6N3O. The van der Waals surface area contributed by atoms with Gasteiger partial charge in [0.25, 0.3) is 0 Å². The zero-order valence-corrected chi connectivity index (χ0v) is 20.0. The number of unbranched alkanes of at least 4 members (excludes halogenated alkanes) is 1. The zero-order chi connectivity index (χ0) is 25.9. The van der Waals surface area contributed by atoms with Crippen molar-refractivity contribution in [1.29, 1.82) is 0 Å². The molecule has 1 aromatic heterocycles. The maximum Gasteiger partial charge on any atom is 0.573 e. The molecule has 10 heteroatoms. The normalized spacial score (nSPS) is 16.1. The highest BCUT2D eigenvalue weighted by molar-refractivity contribution is 5.96. The predicted octanol–water partition coefficient (Wildman–Crippen LogP) is 6.69. The van der Waals surface area contributed by atoms with Crippen molar-refractivity contribution >= 4 is 10.9 Å². The lowest BCUT2D eigenvalue weighted by Crippen LogP contribution is -2.48. The molecule has 0 radical (unpaired) electrons. The molecule has 0 unspecified atom stereocenters. The lowest BCUT2D eigenvalue weighted by molar-refractivity contribution is -0.274. The Balaban J connectivity index is 1.55. The number of aromatic nitrogens is 1. The minimum absolute atomic E-state index is 0.272. The first-order valence-corrected chi connectivity index (χ1v) is 12.0. The summed E-state index contributed by atoms with van der Waals surface area (Å²) in [6.45, 7) is 4.51. The molecule has 4 rings (SSSR count). The predicted molar refractivity (Wildman–Crippen MR) is 127 cm³/mol. The van der Waals surface area contributed by atoms with Gasteiger partial charge in [0.15, 0.2) is 0 Å². The van der Waals surface area contributed by atoms with Gasteiger partial charge in [-0.3, -0.25) is 9.80 Å². The molecule has 2 aromatic carbocycles. The molecule has 1 saturated heterocycles. The van der Waals surface area contributed by atoms with E-state index in [1.807, 2.05) is 18.3 Å². The van der Waals surface area contributed by atoms with Crippen LogP contribution in [0.3, 0.4) is 0 Å². The number of rotatable bonds is 8. The number of aryl methyl sites for hydroxylation is 1. The first-order chi connectivity index (χ1) is 17.0. The molecule has 196 valence electrons. The molecule has 2 heterocycles. The number of ether oxygens (including phenoxy) is 1. The van der Waals surface area contributed by atoms with Crippen molar-refractivity contribution in [2.45, 2.75) is 45.4 Å². The highest BCUT2D eigenvalue weighted by Gasteiger charge is 2.32. The van der Waals surface area contributed by atoms with Gasteiger partial charge in [0.2, 0.25) is 0 Å². The van der Waals surface area contributed by atoms with Crippen LogP contribution in [0.25, 0.3) is 22.0 Å². The lowest BCUT2D eigenvalue weighted by Gasteiger charge is -2.35. The van der Waals surface area contributed by atoms with E-state index in [4.69, 9.17) is 0 Å². The van der Waals surface area contributed by atoms with Gasteiger partial charge < -0.3 is 9.30 Å². The molecule has 1 aliphatic rings. The molecule has 4 nitrogen and oxygen atoms in total. The van der Waals surface area contributed by atoms with Crippen LogP contribution in [0.5, 0.6) is 5.75 Å². The molecule has 3 aromatic rings. The van der Waals surface area contributed by atoms with Crippen LogP contribution in [0.15, 0.2) is 48.7 Å². The van der Waals surface area contributed by atoms with Gasteiger partial charge in [-0.2, -0.15) is 13.2 Å². The Morgan fingerprint density at radius 2 is 1.53 bits per heavy atom. The molecular weight excluding hydrogens is 484 g/mol. The molecule has 0 amide bonds. The minimum Gasteiger partial charge on any atom is -0.406 e. The van der Waals surface area contributed by atoms with Crippen LogP contribution in [0, 0.1) is 0 Å².